The topological polar surface area (TPSA) is 81.7 Å². The van der Waals surface area contributed by atoms with Crippen LogP contribution in [-0.4, -0.2) is 31.0 Å². The van der Waals surface area contributed by atoms with Gasteiger partial charge < -0.3 is 14.8 Å². The van der Waals surface area contributed by atoms with Gasteiger partial charge in [0.05, 0.1) is 11.1 Å². The third-order valence-electron chi connectivity index (χ3n) is 4.16. The highest BCUT2D eigenvalue weighted by molar-refractivity contribution is 5.96. The van der Waals surface area contributed by atoms with Crippen LogP contribution in [-0.2, 0) is 20.7 Å². The zero-order valence-electron chi connectivity index (χ0n) is 14.6. The molecule has 0 aliphatic carbocycles. The van der Waals surface area contributed by atoms with Gasteiger partial charge in [-0.05, 0) is 29.3 Å². The van der Waals surface area contributed by atoms with Gasteiger partial charge in [-0.3, -0.25) is 4.79 Å². The summed E-state index contributed by atoms with van der Waals surface area (Å²) in [6.45, 7) is 3.42. The Morgan fingerprint density at radius 3 is 2.74 bits per heavy atom. The number of hydrogen-bond donors (Lipinski definition) is 1. The SMILES string of the molecule is C=CCNC(=O)COC(=O)c1ccc2c(c1)CC(c1ccccc1)OC2=O. The summed E-state index contributed by atoms with van der Waals surface area (Å²) < 4.78 is 10.5. The Kier molecular flexibility index (Phi) is 5.66. The summed E-state index contributed by atoms with van der Waals surface area (Å²) in [5, 5.41) is 2.52. The molecule has 1 aliphatic rings. The van der Waals surface area contributed by atoms with Gasteiger partial charge in [-0.2, -0.15) is 0 Å². The van der Waals surface area contributed by atoms with E-state index in [1.807, 2.05) is 30.3 Å². The minimum absolute atomic E-state index is 0.284. The molecule has 1 N–H and O–H groups in total. The Hall–Kier alpha value is -3.41. The Labute approximate surface area is 156 Å². The summed E-state index contributed by atoms with van der Waals surface area (Å²) in [6.07, 6.45) is 1.60. The van der Waals surface area contributed by atoms with Crippen LogP contribution in [0.15, 0.2) is 61.2 Å². The Balaban J connectivity index is 1.72. The van der Waals surface area contributed by atoms with Crippen LogP contribution in [0.25, 0.3) is 0 Å². The van der Waals surface area contributed by atoms with Crippen molar-refractivity contribution >= 4 is 17.8 Å². The van der Waals surface area contributed by atoms with Crippen molar-refractivity contribution in [2.45, 2.75) is 12.5 Å². The lowest BCUT2D eigenvalue weighted by molar-refractivity contribution is -0.124. The van der Waals surface area contributed by atoms with Crippen LogP contribution < -0.4 is 5.32 Å². The van der Waals surface area contributed by atoms with Crippen molar-refractivity contribution in [2.75, 3.05) is 13.2 Å². The molecule has 3 rings (SSSR count). The van der Waals surface area contributed by atoms with Gasteiger partial charge in [-0.1, -0.05) is 36.4 Å². The molecule has 0 fully saturated rings. The van der Waals surface area contributed by atoms with Crippen molar-refractivity contribution < 1.29 is 23.9 Å². The molecular formula is C21H19NO5. The second kappa shape index (κ2) is 8.31. The standard InChI is InChI=1S/C21H19NO5/c1-2-10-22-19(23)13-26-20(24)15-8-9-17-16(11-15)12-18(27-21(17)25)14-6-4-3-5-7-14/h2-9,11,18H,1,10,12-13H2,(H,22,23). The fourth-order valence-electron chi connectivity index (χ4n) is 2.83. The van der Waals surface area contributed by atoms with Crippen LogP contribution in [0, 0.1) is 0 Å². The molecule has 6 heteroatoms. The van der Waals surface area contributed by atoms with E-state index in [1.54, 1.807) is 12.1 Å². The third kappa shape index (κ3) is 4.41. The van der Waals surface area contributed by atoms with Crippen molar-refractivity contribution in [1.82, 2.24) is 5.32 Å². The third-order valence-corrected chi connectivity index (χ3v) is 4.16. The number of amides is 1. The number of ether oxygens (including phenoxy) is 2. The number of carbonyl (C=O) groups is 3. The fraction of sp³-hybridized carbons (Fsp3) is 0.190. The van der Waals surface area contributed by atoms with Crippen molar-refractivity contribution in [2.24, 2.45) is 0 Å². The van der Waals surface area contributed by atoms with E-state index in [4.69, 9.17) is 9.47 Å². The molecule has 0 bridgehead atoms. The van der Waals surface area contributed by atoms with E-state index in [0.717, 1.165) is 5.56 Å². The van der Waals surface area contributed by atoms with Crippen LogP contribution in [0.4, 0.5) is 0 Å². The zero-order chi connectivity index (χ0) is 19.2. The van der Waals surface area contributed by atoms with E-state index in [2.05, 4.69) is 11.9 Å². The minimum Gasteiger partial charge on any atom is -0.454 e. The van der Waals surface area contributed by atoms with E-state index in [0.29, 0.717) is 24.1 Å². The van der Waals surface area contributed by atoms with Gasteiger partial charge in [-0.15, -0.1) is 6.58 Å². The maximum absolute atomic E-state index is 12.3. The van der Waals surface area contributed by atoms with E-state index in [9.17, 15) is 14.4 Å². The summed E-state index contributed by atoms with van der Waals surface area (Å²) in [4.78, 5) is 36.0. The van der Waals surface area contributed by atoms with Crippen molar-refractivity contribution in [3.8, 4) is 0 Å². The molecule has 6 nitrogen and oxygen atoms in total. The van der Waals surface area contributed by atoms with Gasteiger partial charge in [-0.25, -0.2) is 9.59 Å². The van der Waals surface area contributed by atoms with Gasteiger partial charge in [0.2, 0.25) is 0 Å². The number of benzene rings is 2. The molecule has 0 aromatic heterocycles. The number of fused-ring (bicyclic) bond motifs is 1. The molecule has 2 aromatic rings. The van der Waals surface area contributed by atoms with Crippen molar-refractivity contribution in [3.05, 3.63) is 83.4 Å². The number of cyclic esters (lactones) is 1. The van der Waals surface area contributed by atoms with Crippen LogP contribution in [0.1, 0.15) is 37.9 Å². The van der Waals surface area contributed by atoms with Gasteiger partial charge in [0.25, 0.3) is 5.91 Å². The molecule has 0 saturated carbocycles. The molecule has 1 heterocycles. The Bertz CT molecular complexity index is 875. The van der Waals surface area contributed by atoms with Crippen LogP contribution in [0.2, 0.25) is 0 Å². The molecule has 0 saturated heterocycles. The lowest BCUT2D eigenvalue weighted by Gasteiger charge is -2.25. The Morgan fingerprint density at radius 2 is 2.00 bits per heavy atom. The van der Waals surface area contributed by atoms with Crippen LogP contribution in [0.5, 0.6) is 0 Å². The molecule has 1 atom stereocenters. The highest BCUT2D eigenvalue weighted by atomic mass is 16.5. The predicted molar refractivity (Wildman–Crippen MR) is 98.2 cm³/mol. The molecule has 0 spiro atoms. The maximum atomic E-state index is 12.3. The first-order valence-corrected chi connectivity index (χ1v) is 8.52. The molecule has 2 aromatic carbocycles. The average molecular weight is 365 g/mol. The maximum Gasteiger partial charge on any atom is 0.339 e. The number of hydrogen-bond acceptors (Lipinski definition) is 5. The monoisotopic (exact) mass is 365 g/mol. The van der Waals surface area contributed by atoms with E-state index < -0.39 is 23.9 Å². The lowest BCUT2D eigenvalue weighted by atomic mass is 9.93. The van der Waals surface area contributed by atoms with Gasteiger partial charge >= 0.3 is 11.9 Å². The number of carbonyl (C=O) groups excluding carboxylic acids is 3. The molecular weight excluding hydrogens is 346 g/mol. The normalized spacial score (nSPS) is 15.3. The quantitative estimate of drug-likeness (QED) is 0.629. The van der Waals surface area contributed by atoms with Crippen LogP contribution >= 0.6 is 0 Å². The molecule has 27 heavy (non-hydrogen) atoms. The molecule has 1 amide bonds. The van der Waals surface area contributed by atoms with Gasteiger partial charge in [0.15, 0.2) is 6.61 Å². The highest BCUT2D eigenvalue weighted by Crippen LogP contribution is 2.31. The molecule has 1 unspecified atom stereocenters. The largest absolute Gasteiger partial charge is 0.454 e. The summed E-state index contributed by atoms with van der Waals surface area (Å²) in [7, 11) is 0. The summed E-state index contributed by atoms with van der Waals surface area (Å²) in [5.74, 6) is -1.45. The summed E-state index contributed by atoms with van der Waals surface area (Å²) in [5.41, 5.74) is 2.32. The van der Waals surface area contributed by atoms with Crippen LogP contribution in [0.3, 0.4) is 0 Å². The Morgan fingerprint density at radius 1 is 1.22 bits per heavy atom. The van der Waals surface area contributed by atoms with Crippen molar-refractivity contribution in [1.29, 1.82) is 0 Å². The second-order valence-corrected chi connectivity index (χ2v) is 6.05. The van der Waals surface area contributed by atoms with Gasteiger partial charge in [0.1, 0.15) is 6.10 Å². The first kappa shape index (κ1) is 18.4. The molecule has 0 radical (unpaired) electrons. The fourth-order valence-corrected chi connectivity index (χ4v) is 2.83. The van der Waals surface area contributed by atoms with Gasteiger partial charge in [0, 0.05) is 13.0 Å². The second-order valence-electron chi connectivity index (χ2n) is 6.05. The number of rotatable bonds is 6. The number of esters is 2. The highest BCUT2D eigenvalue weighted by Gasteiger charge is 2.28. The first-order valence-electron chi connectivity index (χ1n) is 8.52. The molecule has 1 aliphatic heterocycles. The van der Waals surface area contributed by atoms with E-state index in [-0.39, 0.29) is 12.2 Å². The van der Waals surface area contributed by atoms with E-state index >= 15 is 0 Å². The molecule has 138 valence electrons. The lowest BCUT2D eigenvalue weighted by Crippen LogP contribution is -2.29. The minimum atomic E-state index is -0.623. The number of nitrogens with one attached hydrogen (secondary N) is 1. The smallest absolute Gasteiger partial charge is 0.339 e. The summed E-state index contributed by atoms with van der Waals surface area (Å²) >= 11 is 0. The zero-order valence-corrected chi connectivity index (χ0v) is 14.6. The van der Waals surface area contributed by atoms with Crippen molar-refractivity contribution in [3.63, 3.8) is 0 Å². The van der Waals surface area contributed by atoms with E-state index in [1.165, 1.54) is 12.1 Å². The summed E-state index contributed by atoms with van der Waals surface area (Å²) in [6, 6.07) is 14.1. The first-order chi connectivity index (χ1) is 13.1. The predicted octanol–water partition coefficient (Wildman–Crippen LogP) is 2.60. The average Bonchev–Trinajstić information content (AvgIpc) is 2.70.